The topological polar surface area (TPSA) is 45.2 Å². The van der Waals surface area contributed by atoms with Crippen molar-refractivity contribution in [1.29, 1.82) is 0 Å². The van der Waals surface area contributed by atoms with Crippen LogP contribution in [0.15, 0.2) is 48.9 Å². The second-order valence-electron chi connectivity index (χ2n) is 9.32. The van der Waals surface area contributed by atoms with E-state index in [0.717, 1.165) is 63.4 Å². The number of aromatic nitrogens is 3. The van der Waals surface area contributed by atoms with Gasteiger partial charge in [0.05, 0.1) is 5.52 Å². The Balaban J connectivity index is 0.00000274. The van der Waals surface area contributed by atoms with Crippen molar-refractivity contribution in [1.82, 2.24) is 19.9 Å². The second kappa shape index (κ2) is 10.4. The maximum atomic E-state index is 13.0. The van der Waals surface area contributed by atoms with Gasteiger partial charge < -0.3 is 4.90 Å². The summed E-state index contributed by atoms with van der Waals surface area (Å²) in [4.78, 5) is 17.4. The Kier molecular flexibility index (Phi) is 7.57. The van der Waals surface area contributed by atoms with Crippen LogP contribution in [0, 0.1) is 11.8 Å². The van der Waals surface area contributed by atoms with Crippen molar-refractivity contribution in [3.63, 3.8) is 0 Å². The van der Waals surface area contributed by atoms with Gasteiger partial charge in [-0.15, -0.1) is 12.4 Å². The maximum Gasteiger partial charge on any atom is 0.433 e. The molecule has 0 bridgehead atoms. The highest BCUT2D eigenvalue weighted by atomic mass is 35.5. The first-order valence-electron chi connectivity index (χ1n) is 11.6. The van der Waals surface area contributed by atoms with Crippen LogP contribution in [-0.4, -0.2) is 46.0 Å². The standard InChI is InChI=1S/C25H28F3N5.ClH/c26-25(27,28)23-6-5-21-22(31-23)7-11-30-24(21)33-12-8-19(9-13-33)16-32(15-18-3-4-18)17-20-2-1-10-29-14-20;/h1-2,5-7,10-11,14,18-19H,3-4,8-9,12-13,15-17H2;1H. The summed E-state index contributed by atoms with van der Waals surface area (Å²) in [5.41, 5.74) is 0.723. The average Bonchev–Trinajstić information content (AvgIpc) is 3.63. The van der Waals surface area contributed by atoms with E-state index in [0.29, 0.717) is 16.8 Å². The minimum Gasteiger partial charge on any atom is -0.356 e. The lowest BCUT2D eigenvalue weighted by Crippen LogP contribution is -2.39. The number of anilines is 1. The molecule has 2 fully saturated rings. The largest absolute Gasteiger partial charge is 0.433 e. The fourth-order valence-corrected chi connectivity index (χ4v) is 4.76. The molecule has 34 heavy (non-hydrogen) atoms. The van der Waals surface area contributed by atoms with Crippen LogP contribution in [0.25, 0.3) is 10.9 Å². The zero-order valence-electron chi connectivity index (χ0n) is 18.9. The van der Waals surface area contributed by atoms with Gasteiger partial charge in [0.2, 0.25) is 0 Å². The molecule has 1 aliphatic carbocycles. The Morgan fingerprint density at radius 3 is 2.32 bits per heavy atom. The number of pyridine rings is 3. The Hall–Kier alpha value is -2.45. The van der Waals surface area contributed by atoms with Gasteiger partial charge in [-0.1, -0.05) is 6.07 Å². The first-order chi connectivity index (χ1) is 16.0. The van der Waals surface area contributed by atoms with Gasteiger partial charge in [-0.25, -0.2) is 9.97 Å². The summed E-state index contributed by atoms with van der Waals surface area (Å²) in [5, 5.41) is 0.677. The number of alkyl halides is 3. The average molecular weight is 492 g/mol. The fraction of sp³-hybridized carbons (Fsp3) is 0.480. The van der Waals surface area contributed by atoms with Gasteiger partial charge >= 0.3 is 6.18 Å². The van der Waals surface area contributed by atoms with E-state index in [-0.39, 0.29) is 12.4 Å². The van der Waals surface area contributed by atoms with Gasteiger partial charge in [0, 0.05) is 56.7 Å². The monoisotopic (exact) mass is 491 g/mol. The lowest BCUT2D eigenvalue weighted by atomic mass is 9.95. The molecular formula is C25H29ClF3N5. The smallest absolute Gasteiger partial charge is 0.356 e. The number of hydrogen-bond acceptors (Lipinski definition) is 5. The van der Waals surface area contributed by atoms with Crippen molar-refractivity contribution in [2.24, 2.45) is 11.8 Å². The van der Waals surface area contributed by atoms with E-state index in [1.807, 2.05) is 18.5 Å². The predicted molar refractivity (Wildman–Crippen MR) is 129 cm³/mol. The highest BCUT2D eigenvalue weighted by molar-refractivity contribution is 5.89. The Bertz CT molecular complexity index is 1080. The third kappa shape index (κ3) is 5.96. The Morgan fingerprint density at radius 2 is 1.68 bits per heavy atom. The molecule has 0 spiro atoms. The van der Waals surface area contributed by atoms with Gasteiger partial charge in [-0.3, -0.25) is 9.88 Å². The first-order valence-corrected chi connectivity index (χ1v) is 11.6. The Morgan fingerprint density at radius 1 is 0.941 bits per heavy atom. The SMILES string of the molecule is Cl.FC(F)(F)c1ccc2c(N3CCC(CN(Cc4cccnc4)CC4CC4)CC3)nccc2n1. The van der Waals surface area contributed by atoms with Gasteiger partial charge in [0.15, 0.2) is 0 Å². The molecule has 0 N–H and O–H groups in total. The van der Waals surface area contributed by atoms with Gasteiger partial charge in [-0.05, 0) is 67.3 Å². The van der Waals surface area contributed by atoms with Crippen LogP contribution in [-0.2, 0) is 12.7 Å². The van der Waals surface area contributed by atoms with Gasteiger partial charge in [0.25, 0.3) is 0 Å². The minimum absolute atomic E-state index is 0. The number of fused-ring (bicyclic) bond motifs is 1. The molecule has 1 saturated carbocycles. The van der Waals surface area contributed by atoms with Gasteiger partial charge in [-0.2, -0.15) is 13.2 Å². The zero-order valence-corrected chi connectivity index (χ0v) is 19.7. The van der Waals surface area contributed by atoms with E-state index in [4.69, 9.17) is 0 Å². The molecule has 5 rings (SSSR count). The maximum absolute atomic E-state index is 13.0. The van der Waals surface area contributed by atoms with E-state index in [9.17, 15) is 13.2 Å². The van der Waals surface area contributed by atoms with Crippen molar-refractivity contribution in [3.05, 3.63) is 60.2 Å². The summed E-state index contributed by atoms with van der Waals surface area (Å²) in [6.45, 7) is 4.85. The zero-order chi connectivity index (χ0) is 22.8. The van der Waals surface area contributed by atoms with Crippen molar-refractivity contribution in [2.75, 3.05) is 31.1 Å². The van der Waals surface area contributed by atoms with E-state index in [1.54, 1.807) is 12.3 Å². The molecule has 2 aliphatic rings. The molecule has 4 heterocycles. The van der Waals surface area contributed by atoms with Crippen LogP contribution in [0.4, 0.5) is 19.0 Å². The first kappa shape index (κ1) is 24.7. The molecule has 0 aromatic carbocycles. The number of halogens is 4. The third-order valence-electron chi connectivity index (χ3n) is 6.66. The number of piperidine rings is 1. The molecule has 0 unspecified atom stereocenters. The molecule has 5 nitrogen and oxygen atoms in total. The minimum atomic E-state index is -4.45. The summed E-state index contributed by atoms with van der Waals surface area (Å²) in [6.07, 6.45) is 5.62. The molecule has 3 aromatic heterocycles. The van der Waals surface area contributed by atoms with Crippen LogP contribution < -0.4 is 4.90 Å². The molecule has 182 valence electrons. The van der Waals surface area contributed by atoms with Crippen LogP contribution >= 0.6 is 12.4 Å². The second-order valence-corrected chi connectivity index (χ2v) is 9.32. The van der Waals surface area contributed by atoms with E-state index in [2.05, 4.69) is 30.8 Å². The van der Waals surface area contributed by atoms with Crippen molar-refractivity contribution in [2.45, 2.75) is 38.4 Å². The highest BCUT2D eigenvalue weighted by Gasteiger charge is 2.33. The lowest BCUT2D eigenvalue weighted by molar-refractivity contribution is -0.140. The normalized spacial score (nSPS) is 17.2. The number of hydrogen-bond donors (Lipinski definition) is 0. The van der Waals surface area contributed by atoms with Crippen molar-refractivity contribution >= 4 is 29.1 Å². The highest BCUT2D eigenvalue weighted by Crippen LogP contribution is 2.34. The molecular weight excluding hydrogens is 463 g/mol. The molecule has 0 atom stereocenters. The predicted octanol–water partition coefficient (Wildman–Crippen LogP) is 5.59. The Labute approximate surface area is 203 Å². The summed E-state index contributed by atoms with van der Waals surface area (Å²) >= 11 is 0. The molecule has 3 aromatic rings. The summed E-state index contributed by atoms with van der Waals surface area (Å²) < 4.78 is 39.1. The van der Waals surface area contributed by atoms with Gasteiger partial charge in [0.1, 0.15) is 11.5 Å². The molecule has 0 amide bonds. The van der Waals surface area contributed by atoms with Crippen LogP contribution in [0.3, 0.4) is 0 Å². The number of nitrogens with zero attached hydrogens (tertiary/aromatic N) is 5. The molecule has 9 heteroatoms. The van der Waals surface area contributed by atoms with Crippen LogP contribution in [0.2, 0.25) is 0 Å². The molecule has 0 radical (unpaired) electrons. The summed E-state index contributed by atoms with van der Waals surface area (Å²) in [7, 11) is 0. The quantitative estimate of drug-likeness (QED) is 0.431. The summed E-state index contributed by atoms with van der Waals surface area (Å²) in [6, 6.07) is 8.24. The van der Waals surface area contributed by atoms with E-state index < -0.39 is 11.9 Å². The van der Waals surface area contributed by atoms with Crippen LogP contribution in [0.5, 0.6) is 0 Å². The fourth-order valence-electron chi connectivity index (χ4n) is 4.76. The third-order valence-corrected chi connectivity index (χ3v) is 6.66. The summed E-state index contributed by atoms with van der Waals surface area (Å²) in [5.74, 6) is 2.16. The number of rotatable bonds is 7. The van der Waals surface area contributed by atoms with E-state index in [1.165, 1.54) is 24.5 Å². The van der Waals surface area contributed by atoms with Crippen molar-refractivity contribution < 1.29 is 13.2 Å². The molecule has 1 aliphatic heterocycles. The molecule has 1 saturated heterocycles. The van der Waals surface area contributed by atoms with E-state index >= 15 is 0 Å². The lowest BCUT2D eigenvalue weighted by Gasteiger charge is -2.36. The van der Waals surface area contributed by atoms with Crippen molar-refractivity contribution in [3.8, 4) is 0 Å². The van der Waals surface area contributed by atoms with Crippen LogP contribution in [0.1, 0.15) is 36.9 Å².